The molecular weight excluding hydrogens is 324 g/mol. The van der Waals surface area contributed by atoms with Crippen molar-refractivity contribution in [3.8, 4) is 0 Å². The van der Waals surface area contributed by atoms with Gasteiger partial charge in [-0.1, -0.05) is 12.2 Å². The standard InChI is InChI=1S/C10H13BrN2O2S2/c1-6(2)17(14,15)13-9-4-3-7(10(12)16)5-8(9)11/h3-6,13H,1-2H3,(H2,12,16). The Labute approximate surface area is 115 Å². The second-order valence-corrected chi connectivity index (χ2v) is 7.29. The van der Waals surface area contributed by atoms with Crippen molar-refractivity contribution in [2.45, 2.75) is 19.1 Å². The number of benzene rings is 1. The number of sulfonamides is 1. The lowest BCUT2D eigenvalue weighted by atomic mass is 10.2. The summed E-state index contributed by atoms with van der Waals surface area (Å²) in [5.41, 5.74) is 6.63. The lowest BCUT2D eigenvalue weighted by Gasteiger charge is -2.12. The van der Waals surface area contributed by atoms with Crippen molar-refractivity contribution in [2.75, 3.05) is 4.72 Å². The molecule has 0 aliphatic carbocycles. The smallest absolute Gasteiger partial charge is 0.235 e. The Bertz CT molecular complexity index is 541. The number of hydrogen-bond acceptors (Lipinski definition) is 3. The van der Waals surface area contributed by atoms with Crippen molar-refractivity contribution < 1.29 is 8.42 Å². The van der Waals surface area contributed by atoms with Crippen molar-refractivity contribution in [1.82, 2.24) is 0 Å². The highest BCUT2D eigenvalue weighted by Gasteiger charge is 2.17. The molecule has 0 fully saturated rings. The van der Waals surface area contributed by atoms with Crippen LogP contribution in [0.2, 0.25) is 0 Å². The molecule has 0 bridgehead atoms. The highest BCUT2D eigenvalue weighted by Crippen LogP contribution is 2.25. The zero-order valence-corrected chi connectivity index (χ0v) is 12.6. The Morgan fingerprint density at radius 2 is 2.06 bits per heavy atom. The van der Waals surface area contributed by atoms with E-state index in [2.05, 4.69) is 20.7 Å². The number of nitrogens with one attached hydrogen (secondary N) is 1. The Balaban J connectivity index is 3.06. The second kappa shape index (κ2) is 5.32. The predicted molar refractivity (Wildman–Crippen MR) is 77.7 cm³/mol. The number of thiocarbonyl (C=S) groups is 1. The first kappa shape index (κ1) is 14.4. The molecule has 1 aromatic carbocycles. The van der Waals surface area contributed by atoms with Crippen LogP contribution in [0, 0.1) is 0 Å². The molecule has 0 spiro atoms. The van der Waals surface area contributed by atoms with Gasteiger partial charge in [-0.25, -0.2) is 8.42 Å². The van der Waals surface area contributed by atoms with Crippen LogP contribution in [-0.4, -0.2) is 18.7 Å². The molecule has 17 heavy (non-hydrogen) atoms. The number of hydrogen-bond donors (Lipinski definition) is 2. The van der Waals surface area contributed by atoms with Gasteiger partial charge in [0.15, 0.2) is 0 Å². The Morgan fingerprint density at radius 3 is 2.47 bits per heavy atom. The van der Waals surface area contributed by atoms with E-state index in [4.69, 9.17) is 18.0 Å². The highest BCUT2D eigenvalue weighted by atomic mass is 79.9. The average Bonchev–Trinajstić information content (AvgIpc) is 2.20. The molecule has 4 nitrogen and oxygen atoms in total. The average molecular weight is 337 g/mol. The third-order valence-electron chi connectivity index (χ3n) is 2.13. The van der Waals surface area contributed by atoms with E-state index in [0.29, 0.717) is 15.7 Å². The zero-order chi connectivity index (χ0) is 13.2. The third kappa shape index (κ3) is 3.65. The van der Waals surface area contributed by atoms with Gasteiger partial charge in [0.05, 0.1) is 10.9 Å². The van der Waals surface area contributed by atoms with Crippen LogP contribution in [0.4, 0.5) is 5.69 Å². The molecule has 0 aromatic heterocycles. The van der Waals surface area contributed by atoms with E-state index in [1.165, 1.54) is 0 Å². The molecule has 0 unspecified atom stereocenters. The number of rotatable bonds is 4. The monoisotopic (exact) mass is 336 g/mol. The summed E-state index contributed by atoms with van der Waals surface area (Å²) in [6.07, 6.45) is 0. The summed E-state index contributed by atoms with van der Waals surface area (Å²) in [6, 6.07) is 4.98. The van der Waals surface area contributed by atoms with Gasteiger partial charge in [0.2, 0.25) is 10.0 Å². The van der Waals surface area contributed by atoms with Crippen LogP contribution in [0.1, 0.15) is 19.4 Å². The normalized spacial score (nSPS) is 11.5. The van der Waals surface area contributed by atoms with E-state index in [1.807, 2.05) is 0 Å². The molecule has 94 valence electrons. The minimum atomic E-state index is -3.35. The maximum atomic E-state index is 11.7. The molecule has 0 saturated carbocycles. The lowest BCUT2D eigenvalue weighted by Crippen LogP contribution is -2.22. The van der Waals surface area contributed by atoms with Crippen molar-refractivity contribution in [1.29, 1.82) is 0 Å². The first-order chi connectivity index (χ1) is 7.74. The zero-order valence-electron chi connectivity index (χ0n) is 9.40. The van der Waals surface area contributed by atoms with Crippen LogP contribution in [-0.2, 0) is 10.0 Å². The van der Waals surface area contributed by atoms with E-state index in [-0.39, 0.29) is 4.99 Å². The summed E-state index contributed by atoms with van der Waals surface area (Å²) in [7, 11) is -3.35. The fourth-order valence-electron chi connectivity index (χ4n) is 1.02. The molecule has 1 rings (SSSR count). The summed E-state index contributed by atoms with van der Waals surface area (Å²) < 4.78 is 26.5. The largest absolute Gasteiger partial charge is 0.389 e. The van der Waals surface area contributed by atoms with Gasteiger partial charge in [-0.3, -0.25) is 4.72 Å². The Morgan fingerprint density at radius 1 is 1.47 bits per heavy atom. The van der Waals surface area contributed by atoms with Crippen LogP contribution < -0.4 is 10.5 Å². The molecule has 1 aromatic rings. The minimum absolute atomic E-state index is 0.268. The topological polar surface area (TPSA) is 72.2 Å². The summed E-state index contributed by atoms with van der Waals surface area (Å²) >= 11 is 8.11. The summed E-state index contributed by atoms with van der Waals surface area (Å²) in [4.78, 5) is 0.268. The van der Waals surface area contributed by atoms with Crippen LogP contribution in [0.3, 0.4) is 0 Å². The van der Waals surface area contributed by atoms with Crippen LogP contribution in [0.15, 0.2) is 22.7 Å². The Kier molecular flexibility index (Phi) is 4.51. The molecule has 0 aliphatic heterocycles. The molecule has 0 atom stereocenters. The van der Waals surface area contributed by atoms with Gasteiger partial charge in [0.25, 0.3) is 0 Å². The van der Waals surface area contributed by atoms with Gasteiger partial charge in [0.1, 0.15) is 4.99 Å². The molecule has 0 heterocycles. The lowest BCUT2D eigenvalue weighted by molar-refractivity contribution is 0.593. The first-order valence-corrected chi connectivity index (χ1v) is 7.60. The van der Waals surface area contributed by atoms with Gasteiger partial charge in [-0.2, -0.15) is 0 Å². The Hall–Kier alpha value is -0.660. The molecule has 0 radical (unpaired) electrons. The van der Waals surface area contributed by atoms with E-state index in [0.717, 1.165) is 0 Å². The highest BCUT2D eigenvalue weighted by molar-refractivity contribution is 9.10. The van der Waals surface area contributed by atoms with Crippen LogP contribution in [0.25, 0.3) is 0 Å². The fourth-order valence-corrected chi connectivity index (χ4v) is 2.48. The molecule has 0 aliphatic rings. The van der Waals surface area contributed by atoms with Gasteiger partial charge >= 0.3 is 0 Å². The van der Waals surface area contributed by atoms with Gasteiger partial charge in [-0.05, 0) is 48.0 Å². The summed E-state index contributed by atoms with van der Waals surface area (Å²) in [5, 5.41) is -0.496. The van der Waals surface area contributed by atoms with Crippen LogP contribution >= 0.6 is 28.1 Å². The summed E-state index contributed by atoms with van der Waals surface area (Å²) in [5.74, 6) is 0. The first-order valence-electron chi connectivity index (χ1n) is 4.85. The maximum Gasteiger partial charge on any atom is 0.235 e. The summed E-state index contributed by atoms with van der Waals surface area (Å²) in [6.45, 7) is 3.22. The third-order valence-corrected chi connectivity index (χ3v) is 4.76. The van der Waals surface area contributed by atoms with E-state index < -0.39 is 15.3 Å². The van der Waals surface area contributed by atoms with Crippen LogP contribution in [0.5, 0.6) is 0 Å². The quantitative estimate of drug-likeness (QED) is 0.827. The van der Waals surface area contributed by atoms with Gasteiger partial charge in [-0.15, -0.1) is 0 Å². The van der Waals surface area contributed by atoms with E-state index >= 15 is 0 Å². The molecule has 3 N–H and O–H groups in total. The predicted octanol–water partition coefficient (Wildman–Crippen LogP) is 2.23. The molecular formula is C10H13BrN2O2S2. The van der Waals surface area contributed by atoms with Crippen molar-refractivity contribution in [3.63, 3.8) is 0 Å². The number of nitrogens with two attached hydrogens (primary N) is 1. The van der Waals surface area contributed by atoms with Gasteiger partial charge in [0, 0.05) is 10.0 Å². The SMILES string of the molecule is CC(C)S(=O)(=O)Nc1ccc(C(N)=S)cc1Br. The van der Waals surface area contributed by atoms with Crippen molar-refractivity contribution in [2.24, 2.45) is 5.73 Å². The number of halogens is 1. The maximum absolute atomic E-state index is 11.7. The van der Waals surface area contributed by atoms with Gasteiger partial charge < -0.3 is 5.73 Å². The van der Waals surface area contributed by atoms with E-state index in [9.17, 15) is 8.42 Å². The molecule has 0 saturated heterocycles. The van der Waals surface area contributed by atoms with E-state index in [1.54, 1.807) is 32.0 Å². The second-order valence-electron chi connectivity index (χ2n) is 3.75. The molecule has 7 heteroatoms. The molecule has 0 amide bonds. The van der Waals surface area contributed by atoms with Crippen molar-refractivity contribution >= 4 is 48.8 Å². The van der Waals surface area contributed by atoms with Crippen molar-refractivity contribution in [3.05, 3.63) is 28.2 Å². The minimum Gasteiger partial charge on any atom is -0.389 e. The fraction of sp³-hybridized carbons (Fsp3) is 0.300. The number of anilines is 1.